The summed E-state index contributed by atoms with van der Waals surface area (Å²) in [4.78, 5) is 11.2. The Kier molecular flexibility index (Phi) is 4.11. The fourth-order valence-corrected chi connectivity index (χ4v) is 2.89. The molecule has 0 saturated carbocycles. The van der Waals surface area contributed by atoms with Gasteiger partial charge in [-0.15, -0.1) is 0 Å². The van der Waals surface area contributed by atoms with E-state index in [4.69, 9.17) is 0 Å². The molecule has 2 heterocycles. The summed E-state index contributed by atoms with van der Waals surface area (Å²) in [6.07, 6.45) is 4.21. The molecule has 1 aromatic heterocycles. The van der Waals surface area contributed by atoms with Crippen LogP contribution in [-0.2, 0) is 0 Å². The Morgan fingerprint density at radius 2 is 2.00 bits per heavy atom. The highest BCUT2D eigenvalue weighted by atomic mass is 15.1. The SMILES string of the molecule is CCN1CCC(CNc2ncnc3ccccc23)CC1. The maximum atomic E-state index is 4.39. The van der Waals surface area contributed by atoms with Gasteiger partial charge >= 0.3 is 0 Å². The van der Waals surface area contributed by atoms with E-state index in [0.717, 1.165) is 29.2 Å². The fraction of sp³-hybridized carbons (Fsp3) is 0.500. The molecule has 1 aliphatic heterocycles. The van der Waals surface area contributed by atoms with E-state index in [1.807, 2.05) is 18.2 Å². The highest BCUT2D eigenvalue weighted by Crippen LogP contribution is 2.21. The molecule has 20 heavy (non-hydrogen) atoms. The summed E-state index contributed by atoms with van der Waals surface area (Å²) >= 11 is 0. The van der Waals surface area contributed by atoms with E-state index in [-0.39, 0.29) is 0 Å². The molecule has 1 N–H and O–H groups in total. The van der Waals surface area contributed by atoms with Crippen molar-refractivity contribution >= 4 is 16.7 Å². The van der Waals surface area contributed by atoms with Crippen molar-refractivity contribution in [1.82, 2.24) is 14.9 Å². The van der Waals surface area contributed by atoms with Crippen molar-refractivity contribution in [3.05, 3.63) is 30.6 Å². The van der Waals surface area contributed by atoms with Crippen molar-refractivity contribution < 1.29 is 0 Å². The molecule has 0 unspecified atom stereocenters. The van der Waals surface area contributed by atoms with E-state index in [2.05, 4.69) is 33.2 Å². The Bertz CT molecular complexity index is 556. The summed E-state index contributed by atoms with van der Waals surface area (Å²) in [7, 11) is 0. The summed E-state index contributed by atoms with van der Waals surface area (Å²) in [5, 5.41) is 4.63. The molecule has 1 aromatic carbocycles. The topological polar surface area (TPSA) is 41.0 Å². The van der Waals surface area contributed by atoms with Crippen LogP contribution in [0, 0.1) is 5.92 Å². The number of rotatable bonds is 4. The lowest BCUT2D eigenvalue weighted by Gasteiger charge is -2.31. The van der Waals surface area contributed by atoms with Crippen LogP contribution in [0.4, 0.5) is 5.82 Å². The van der Waals surface area contributed by atoms with Crippen molar-refractivity contribution in [1.29, 1.82) is 0 Å². The summed E-state index contributed by atoms with van der Waals surface area (Å²) in [5.41, 5.74) is 1.01. The lowest BCUT2D eigenvalue weighted by Crippen LogP contribution is -2.35. The Morgan fingerprint density at radius 3 is 2.80 bits per heavy atom. The van der Waals surface area contributed by atoms with E-state index < -0.39 is 0 Å². The molecule has 2 aromatic rings. The second-order valence-electron chi connectivity index (χ2n) is 5.50. The largest absolute Gasteiger partial charge is 0.369 e. The normalized spacial score (nSPS) is 17.4. The second kappa shape index (κ2) is 6.18. The number of benzene rings is 1. The molecule has 4 nitrogen and oxygen atoms in total. The number of nitrogens with one attached hydrogen (secondary N) is 1. The summed E-state index contributed by atoms with van der Waals surface area (Å²) < 4.78 is 0. The van der Waals surface area contributed by atoms with Crippen LogP contribution in [0.2, 0.25) is 0 Å². The van der Waals surface area contributed by atoms with E-state index in [9.17, 15) is 0 Å². The maximum absolute atomic E-state index is 4.39. The van der Waals surface area contributed by atoms with Crippen LogP contribution < -0.4 is 5.32 Å². The molecule has 4 heteroatoms. The van der Waals surface area contributed by atoms with Crippen LogP contribution in [0.5, 0.6) is 0 Å². The smallest absolute Gasteiger partial charge is 0.137 e. The number of hydrogen-bond donors (Lipinski definition) is 1. The lowest BCUT2D eigenvalue weighted by atomic mass is 9.97. The number of likely N-dealkylation sites (tertiary alicyclic amines) is 1. The quantitative estimate of drug-likeness (QED) is 0.927. The zero-order valence-electron chi connectivity index (χ0n) is 12.0. The first kappa shape index (κ1) is 13.3. The van der Waals surface area contributed by atoms with Gasteiger partial charge in [-0.05, 0) is 50.5 Å². The van der Waals surface area contributed by atoms with Gasteiger partial charge in [-0.3, -0.25) is 0 Å². The van der Waals surface area contributed by atoms with Crippen molar-refractivity contribution in [2.75, 3.05) is 31.5 Å². The molecular weight excluding hydrogens is 248 g/mol. The van der Waals surface area contributed by atoms with E-state index in [0.29, 0.717) is 0 Å². The highest BCUT2D eigenvalue weighted by Gasteiger charge is 2.18. The van der Waals surface area contributed by atoms with Gasteiger partial charge in [-0.2, -0.15) is 0 Å². The van der Waals surface area contributed by atoms with Gasteiger partial charge in [-0.25, -0.2) is 9.97 Å². The van der Waals surface area contributed by atoms with Gasteiger partial charge in [0.05, 0.1) is 5.52 Å². The van der Waals surface area contributed by atoms with Gasteiger partial charge in [0, 0.05) is 11.9 Å². The van der Waals surface area contributed by atoms with Crippen LogP contribution in [0.1, 0.15) is 19.8 Å². The van der Waals surface area contributed by atoms with Crippen molar-refractivity contribution in [3.63, 3.8) is 0 Å². The van der Waals surface area contributed by atoms with Crippen LogP contribution in [0.3, 0.4) is 0 Å². The molecule has 0 spiro atoms. The monoisotopic (exact) mass is 270 g/mol. The number of fused-ring (bicyclic) bond motifs is 1. The molecule has 0 bridgehead atoms. The standard InChI is InChI=1S/C16H22N4/c1-2-20-9-7-13(8-10-20)11-17-16-14-5-3-4-6-15(14)18-12-19-16/h3-6,12-13H,2,7-11H2,1H3,(H,17,18,19). The molecule has 0 radical (unpaired) electrons. The molecule has 1 aliphatic rings. The second-order valence-corrected chi connectivity index (χ2v) is 5.50. The first-order valence-electron chi connectivity index (χ1n) is 7.53. The molecule has 1 fully saturated rings. The molecule has 106 valence electrons. The van der Waals surface area contributed by atoms with Crippen molar-refractivity contribution in [2.45, 2.75) is 19.8 Å². The molecule has 0 aliphatic carbocycles. The third-order valence-corrected chi connectivity index (χ3v) is 4.26. The molecule has 3 rings (SSSR count). The van der Waals surface area contributed by atoms with Gasteiger partial charge in [-0.1, -0.05) is 19.1 Å². The Hall–Kier alpha value is -1.68. The Labute approximate surface area is 120 Å². The highest BCUT2D eigenvalue weighted by molar-refractivity contribution is 5.88. The summed E-state index contributed by atoms with van der Waals surface area (Å²) in [5.74, 6) is 1.72. The Balaban J connectivity index is 1.63. The van der Waals surface area contributed by atoms with Crippen LogP contribution in [-0.4, -0.2) is 41.0 Å². The number of anilines is 1. The number of nitrogens with zero attached hydrogens (tertiary/aromatic N) is 3. The lowest BCUT2D eigenvalue weighted by molar-refractivity contribution is 0.198. The molecular formula is C16H22N4. The minimum Gasteiger partial charge on any atom is -0.369 e. The van der Waals surface area contributed by atoms with Gasteiger partial charge < -0.3 is 10.2 Å². The zero-order valence-corrected chi connectivity index (χ0v) is 12.0. The summed E-state index contributed by atoms with van der Waals surface area (Å²) in [6, 6.07) is 8.16. The predicted molar refractivity (Wildman–Crippen MR) is 82.9 cm³/mol. The van der Waals surface area contributed by atoms with E-state index in [1.54, 1.807) is 6.33 Å². The van der Waals surface area contributed by atoms with Crippen LogP contribution in [0.25, 0.3) is 10.9 Å². The zero-order chi connectivity index (χ0) is 13.8. The maximum Gasteiger partial charge on any atom is 0.137 e. The van der Waals surface area contributed by atoms with Gasteiger partial charge in [0.25, 0.3) is 0 Å². The van der Waals surface area contributed by atoms with Gasteiger partial charge in [0.2, 0.25) is 0 Å². The third-order valence-electron chi connectivity index (χ3n) is 4.26. The van der Waals surface area contributed by atoms with Gasteiger partial charge in [0.1, 0.15) is 12.1 Å². The van der Waals surface area contributed by atoms with Crippen LogP contribution in [0.15, 0.2) is 30.6 Å². The number of para-hydroxylation sites is 1. The van der Waals surface area contributed by atoms with Crippen molar-refractivity contribution in [2.24, 2.45) is 5.92 Å². The predicted octanol–water partition coefficient (Wildman–Crippen LogP) is 2.77. The fourth-order valence-electron chi connectivity index (χ4n) is 2.89. The van der Waals surface area contributed by atoms with Crippen LogP contribution >= 0.6 is 0 Å². The minimum atomic E-state index is 0.756. The third kappa shape index (κ3) is 2.90. The minimum absolute atomic E-state index is 0.756. The van der Waals surface area contributed by atoms with E-state index >= 15 is 0 Å². The molecule has 0 amide bonds. The first-order valence-corrected chi connectivity index (χ1v) is 7.53. The molecule has 1 saturated heterocycles. The number of piperidine rings is 1. The van der Waals surface area contributed by atoms with Crippen molar-refractivity contribution in [3.8, 4) is 0 Å². The van der Waals surface area contributed by atoms with Gasteiger partial charge in [0.15, 0.2) is 0 Å². The first-order chi connectivity index (χ1) is 9.86. The summed E-state index contributed by atoms with van der Waals surface area (Å²) in [6.45, 7) is 6.89. The average Bonchev–Trinajstić information content (AvgIpc) is 2.53. The number of hydrogen-bond acceptors (Lipinski definition) is 4. The average molecular weight is 270 g/mol. The Morgan fingerprint density at radius 1 is 1.20 bits per heavy atom. The number of aromatic nitrogens is 2. The van der Waals surface area contributed by atoms with E-state index in [1.165, 1.54) is 32.5 Å². The molecule has 0 atom stereocenters.